The maximum atomic E-state index is 11.8. The molecule has 3 aromatic rings. The van der Waals surface area contributed by atoms with Crippen molar-refractivity contribution in [3.8, 4) is 5.75 Å². The van der Waals surface area contributed by atoms with Gasteiger partial charge in [0, 0.05) is 29.7 Å². The zero-order valence-electron chi connectivity index (χ0n) is 14.4. The van der Waals surface area contributed by atoms with Crippen LogP contribution in [0.2, 0.25) is 0 Å². The van der Waals surface area contributed by atoms with Gasteiger partial charge in [-0.15, -0.1) is 0 Å². The molecule has 0 aliphatic rings. The first-order valence-electron chi connectivity index (χ1n) is 8.49. The van der Waals surface area contributed by atoms with E-state index in [1.165, 1.54) is 12.1 Å². The zero-order chi connectivity index (χ0) is 18.5. The smallest absolute Gasteiger partial charge is 0.336 e. The number of aryl methyl sites for hydroxylation is 1. The van der Waals surface area contributed by atoms with Crippen molar-refractivity contribution in [2.75, 3.05) is 0 Å². The monoisotopic (exact) mass is 353 g/mol. The van der Waals surface area contributed by atoms with Crippen LogP contribution in [0.25, 0.3) is 11.0 Å². The van der Waals surface area contributed by atoms with Crippen LogP contribution in [0.1, 0.15) is 30.9 Å². The van der Waals surface area contributed by atoms with Crippen LogP contribution in [0.15, 0.2) is 57.7 Å². The highest BCUT2D eigenvalue weighted by atomic mass is 16.6. The SMILES string of the molecule is CCCCc1cc(=O)oc2cc(OCc3ccc([N+](=O)[O-])cc3)ccc12. The Bertz CT molecular complexity index is 976. The molecule has 0 atom stereocenters. The van der Waals surface area contributed by atoms with Gasteiger partial charge in [0.05, 0.1) is 4.92 Å². The summed E-state index contributed by atoms with van der Waals surface area (Å²) in [4.78, 5) is 22.0. The van der Waals surface area contributed by atoms with E-state index < -0.39 is 4.92 Å². The Morgan fingerprint density at radius 2 is 1.88 bits per heavy atom. The lowest BCUT2D eigenvalue weighted by molar-refractivity contribution is -0.384. The topological polar surface area (TPSA) is 82.6 Å². The molecule has 0 saturated heterocycles. The van der Waals surface area contributed by atoms with E-state index in [0.29, 0.717) is 11.3 Å². The number of nitrogens with zero attached hydrogens (tertiary/aromatic N) is 1. The molecule has 0 N–H and O–H groups in total. The lowest BCUT2D eigenvalue weighted by Crippen LogP contribution is -2.01. The molecule has 0 aliphatic carbocycles. The fraction of sp³-hybridized carbons (Fsp3) is 0.250. The third-order valence-corrected chi connectivity index (χ3v) is 4.15. The van der Waals surface area contributed by atoms with Gasteiger partial charge in [-0.3, -0.25) is 10.1 Å². The maximum Gasteiger partial charge on any atom is 0.336 e. The van der Waals surface area contributed by atoms with Crippen LogP contribution in [-0.2, 0) is 13.0 Å². The molecule has 0 aliphatic heterocycles. The van der Waals surface area contributed by atoms with Gasteiger partial charge in [-0.25, -0.2) is 4.79 Å². The van der Waals surface area contributed by atoms with Crippen LogP contribution in [0.3, 0.4) is 0 Å². The Hall–Kier alpha value is -3.15. The molecule has 0 spiro atoms. The second-order valence-corrected chi connectivity index (χ2v) is 6.06. The largest absolute Gasteiger partial charge is 0.489 e. The van der Waals surface area contributed by atoms with E-state index >= 15 is 0 Å². The van der Waals surface area contributed by atoms with Crippen molar-refractivity contribution in [1.29, 1.82) is 0 Å². The highest BCUT2D eigenvalue weighted by Crippen LogP contribution is 2.24. The molecular weight excluding hydrogens is 334 g/mol. The van der Waals surface area contributed by atoms with Crippen LogP contribution in [0.5, 0.6) is 5.75 Å². The molecule has 6 nitrogen and oxygen atoms in total. The fourth-order valence-electron chi connectivity index (χ4n) is 2.75. The van der Waals surface area contributed by atoms with Crippen molar-refractivity contribution >= 4 is 16.7 Å². The van der Waals surface area contributed by atoms with Crippen molar-refractivity contribution < 1.29 is 14.1 Å². The van der Waals surface area contributed by atoms with Gasteiger partial charge in [0.15, 0.2) is 0 Å². The molecule has 2 aromatic carbocycles. The Balaban J connectivity index is 1.78. The van der Waals surface area contributed by atoms with Crippen LogP contribution in [0.4, 0.5) is 5.69 Å². The Labute approximate surface area is 150 Å². The number of ether oxygens (including phenoxy) is 1. The van der Waals surface area contributed by atoms with Gasteiger partial charge in [-0.05, 0) is 48.2 Å². The Morgan fingerprint density at radius 3 is 2.58 bits per heavy atom. The van der Waals surface area contributed by atoms with Gasteiger partial charge >= 0.3 is 5.63 Å². The molecule has 0 unspecified atom stereocenters. The van der Waals surface area contributed by atoms with E-state index in [0.717, 1.165) is 35.8 Å². The molecule has 0 bridgehead atoms. The standard InChI is InChI=1S/C20H19NO5/c1-2-3-4-15-11-20(22)26-19-12-17(9-10-18(15)19)25-13-14-5-7-16(8-6-14)21(23)24/h5-12H,2-4,13H2,1H3. The third kappa shape index (κ3) is 4.08. The number of rotatable bonds is 7. The second kappa shape index (κ2) is 7.82. The summed E-state index contributed by atoms with van der Waals surface area (Å²) in [6.07, 6.45) is 2.90. The van der Waals surface area contributed by atoms with E-state index in [1.807, 2.05) is 12.1 Å². The maximum absolute atomic E-state index is 11.8. The summed E-state index contributed by atoms with van der Waals surface area (Å²) in [7, 11) is 0. The number of nitro benzene ring substituents is 1. The average molecular weight is 353 g/mol. The van der Waals surface area contributed by atoms with Crippen molar-refractivity contribution in [3.63, 3.8) is 0 Å². The van der Waals surface area contributed by atoms with Crippen LogP contribution < -0.4 is 10.4 Å². The van der Waals surface area contributed by atoms with Crippen LogP contribution in [-0.4, -0.2) is 4.92 Å². The Morgan fingerprint density at radius 1 is 1.12 bits per heavy atom. The van der Waals surface area contributed by atoms with Gasteiger partial charge in [0.2, 0.25) is 0 Å². The summed E-state index contributed by atoms with van der Waals surface area (Å²) in [6.45, 7) is 2.38. The lowest BCUT2D eigenvalue weighted by Gasteiger charge is -2.09. The van der Waals surface area contributed by atoms with Gasteiger partial charge in [0.1, 0.15) is 17.9 Å². The predicted molar refractivity (Wildman–Crippen MR) is 98.5 cm³/mol. The van der Waals surface area contributed by atoms with Gasteiger partial charge in [-0.1, -0.05) is 13.3 Å². The molecule has 3 rings (SSSR count). The summed E-state index contributed by atoms with van der Waals surface area (Å²) in [5.41, 5.74) is 1.98. The van der Waals surface area contributed by atoms with Crippen LogP contribution >= 0.6 is 0 Å². The highest BCUT2D eigenvalue weighted by molar-refractivity contribution is 5.81. The summed E-state index contributed by atoms with van der Waals surface area (Å²) in [6, 6.07) is 13.2. The van der Waals surface area contributed by atoms with E-state index in [2.05, 4.69) is 6.92 Å². The minimum Gasteiger partial charge on any atom is -0.489 e. The molecule has 0 amide bonds. The average Bonchev–Trinajstić information content (AvgIpc) is 2.64. The fourth-order valence-corrected chi connectivity index (χ4v) is 2.75. The number of fused-ring (bicyclic) bond motifs is 1. The molecule has 1 heterocycles. The summed E-state index contributed by atoms with van der Waals surface area (Å²) in [5, 5.41) is 11.6. The number of benzene rings is 2. The number of non-ortho nitro benzene ring substituents is 1. The first kappa shape index (κ1) is 17.7. The quantitative estimate of drug-likeness (QED) is 0.351. The number of nitro groups is 1. The van der Waals surface area contributed by atoms with E-state index in [-0.39, 0.29) is 17.9 Å². The molecule has 1 aromatic heterocycles. The highest BCUT2D eigenvalue weighted by Gasteiger charge is 2.08. The van der Waals surface area contributed by atoms with E-state index in [9.17, 15) is 14.9 Å². The minimum atomic E-state index is -0.438. The molecule has 6 heteroatoms. The normalized spacial score (nSPS) is 10.8. The molecule has 0 fully saturated rings. The second-order valence-electron chi connectivity index (χ2n) is 6.06. The van der Waals surface area contributed by atoms with E-state index in [1.54, 1.807) is 24.3 Å². The zero-order valence-corrected chi connectivity index (χ0v) is 14.4. The molecular formula is C20H19NO5. The number of unbranched alkanes of at least 4 members (excludes halogenated alkanes) is 1. The minimum absolute atomic E-state index is 0.0424. The van der Waals surface area contributed by atoms with Gasteiger partial charge < -0.3 is 9.15 Å². The van der Waals surface area contributed by atoms with Gasteiger partial charge in [-0.2, -0.15) is 0 Å². The van der Waals surface area contributed by atoms with Crippen LogP contribution in [0, 0.1) is 10.1 Å². The summed E-state index contributed by atoms with van der Waals surface area (Å²) < 4.78 is 11.0. The molecule has 0 saturated carbocycles. The van der Waals surface area contributed by atoms with Crippen molar-refractivity contribution in [1.82, 2.24) is 0 Å². The summed E-state index contributed by atoms with van der Waals surface area (Å²) >= 11 is 0. The number of hydrogen-bond donors (Lipinski definition) is 0. The van der Waals surface area contributed by atoms with Crippen molar-refractivity contribution in [2.24, 2.45) is 0 Å². The first-order chi connectivity index (χ1) is 12.6. The van der Waals surface area contributed by atoms with Gasteiger partial charge in [0.25, 0.3) is 5.69 Å². The molecule has 0 radical (unpaired) electrons. The predicted octanol–water partition coefficient (Wildman–Crippen LogP) is 4.62. The first-order valence-corrected chi connectivity index (χ1v) is 8.49. The lowest BCUT2D eigenvalue weighted by atomic mass is 10.0. The van der Waals surface area contributed by atoms with E-state index in [4.69, 9.17) is 9.15 Å². The number of hydrogen-bond acceptors (Lipinski definition) is 5. The summed E-state index contributed by atoms with van der Waals surface area (Å²) in [5.74, 6) is 0.576. The van der Waals surface area contributed by atoms with Crippen molar-refractivity contribution in [3.05, 3.63) is 80.2 Å². The third-order valence-electron chi connectivity index (χ3n) is 4.15. The Kier molecular flexibility index (Phi) is 5.31. The molecule has 134 valence electrons. The van der Waals surface area contributed by atoms with Crippen molar-refractivity contribution in [2.45, 2.75) is 32.8 Å². The molecule has 26 heavy (non-hydrogen) atoms.